The van der Waals surface area contributed by atoms with E-state index < -0.39 is 69.2 Å². The molecule has 0 saturated carbocycles. The number of amides is 2. The maximum Gasteiger partial charge on any atom is 0.281 e. The Morgan fingerprint density at radius 3 is 2.20 bits per heavy atom. The van der Waals surface area contributed by atoms with E-state index in [2.05, 4.69) is 5.32 Å². The summed E-state index contributed by atoms with van der Waals surface area (Å²) in [4.78, 5) is 39.3. The van der Waals surface area contributed by atoms with Crippen LogP contribution in [0.3, 0.4) is 0 Å². The maximum atomic E-state index is 15.6. The summed E-state index contributed by atoms with van der Waals surface area (Å²) >= 11 is 0. The minimum Gasteiger partial charge on any atom is -0.391 e. The molecule has 16 nitrogen and oxygen atoms in total. The Hall–Kier alpha value is -3.43. The van der Waals surface area contributed by atoms with E-state index in [9.17, 15) is 55.2 Å². The van der Waals surface area contributed by atoms with Crippen molar-refractivity contribution in [2.24, 2.45) is 0 Å². The number of hydrogen-bond acceptors (Lipinski definition) is 14. The van der Waals surface area contributed by atoms with Crippen molar-refractivity contribution >= 4 is 47.3 Å². The van der Waals surface area contributed by atoms with Crippen LogP contribution in [0.2, 0.25) is 0 Å². The molecule has 2 heterocycles. The largest absolute Gasteiger partial charge is 0.391 e. The summed E-state index contributed by atoms with van der Waals surface area (Å²) in [6.07, 6.45) is -0.730. The number of fused-ring (bicyclic) bond motifs is 1. The van der Waals surface area contributed by atoms with Crippen LogP contribution in [0.1, 0.15) is 27.0 Å². The quantitative estimate of drug-likeness (QED) is 0.0655. The van der Waals surface area contributed by atoms with E-state index in [-0.39, 0.29) is 48.0 Å². The molecule has 0 bridgehead atoms. The highest BCUT2D eigenvalue weighted by Gasteiger charge is 2.72. The topological polar surface area (TPSA) is 253 Å². The van der Waals surface area contributed by atoms with Gasteiger partial charge in [-0.25, -0.2) is 9.29 Å². The molecular weight excluding hydrogens is 612 g/mol. The highest BCUT2D eigenvalue weighted by atomic mass is 19.1. The monoisotopic (exact) mass is 646 g/mol. The van der Waals surface area contributed by atoms with Gasteiger partial charge < -0.3 is 56.2 Å². The summed E-state index contributed by atoms with van der Waals surface area (Å²) < 4.78 is 20.8. The zero-order valence-electron chi connectivity index (χ0n) is 25.4. The maximum absolute atomic E-state index is 15.6. The van der Waals surface area contributed by atoms with Gasteiger partial charge in [0.05, 0.1) is 24.3 Å². The average Bonchev–Trinajstić information content (AvgIpc) is 3.21. The molecule has 246 valence electrons. The van der Waals surface area contributed by atoms with E-state index in [0.29, 0.717) is 7.85 Å². The molecule has 0 aliphatic carbocycles. The molecular formula is C26H34B3FN4O12. The lowest BCUT2D eigenvalue weighted by Crippen LogP contribution is -2.81. The summed E-state index contributed by atoms with van der Waals surface area (Å²) in [5.74, 6) is -18.3. The van der Waals surface area contributed by atoms with Crippen molar-refractivity contribution in [2.45, 2.75) is 34.2 Å². The highest BCUT2D eigenvalue weighted by molar-refractivity contribution is 6.41. The number of aliphatic hydroxyl groups is 8. The second kappa shape index (κ2) is 11.7. The van der Waals surface area contributed by atoms with Crippen molar-refractivity contribution < 1.29 is 64.4 Å². The molecule has 1 unspecified atom stereocenters. The number of hydrogen-bond donors (Lipinski definition) is 10. The molecule has 4 rings (SSSR count). The Morgan fingerprint density at radius 1 is 1.04 bits per heavy atom. The Morgan fingerprint density at radius 2 is 1.65 bits per heavy atom. The van der Waals surface area contributed by atoms with Gasteiger partial charge in [0.2, 0.25) is 5.91 Å². The van der Waals surface area contributed by atoms with Crippen LogP contribution in [0.4, 0.5) is 10.1 Å². The predicted octanol–water partition coefficient (Wildman–Crippen LogP) is -7.07. The van der Waals surface area contributed by atoms with E-state index in [4.69, 9.17) is 4.74 Å². The molecule has 2 aromatic rings. The number of benzene rings is 2. The fraction of sp³-hybridized carbons (Fsp3) is 0.423. The second-order valence-electron chi connectivity index (χ2n) is 11.9. The van der Waals surface area contributed by atoms with Crippen LogP contribution in [0.15, 0.2) is 36.4 Å². The first-order valence-corrected chi connectivity index (χ1v) is 14.0. The smallest absolute Gasteiger partial charge is 0.281 e. The standard InChI is InChI=1S/C26H34B3FN4O12/c1-31-20(37)22(27,26(44,45)21(38,39)12-35)34-19(36)14-3-2-4-17(18(14)25(34,42)43)32-23(28,29)15-6-5-13(11-16(15)30)24(40,41)33-7-9-46-10-8-33/h2-6,11-12,32,38-45H,7-10,27-29H2,1H3,(H,31,37). The number of aldehydes is 1. The summed E-state index contributed by atoms with van der Waals surface area (Å²) in [5.41, 5.74) is -4.90. The van der Waals surface area contributed by atoms with Crippen LogP contribution < -0.4 is 10.6 Å². The number of nitrogens with zero attached hydrogens (tertiary/aromatic N) is 2. The van der Waals surface area contributed by atoms with Crippen molar-refractivity contribution in [1.82, 2.24) is 15.1 Å². The van der Waals surface area contributed by atoms with E-state index >= 15 is 4.39 Å². The van der Waals surface area contributed by atoms with Crippen molar-refractivity contribution in [2.75, 3.05) is 38.7 Å². The van der Waals surface area contributed by atoms with Crippen molar-refractivity contribution in [3.63, 3.8) is 0 Å². The molecule has 2 aliphatic heterocycles. The third kappa shape index (κ3) is 5.29. The van der Waals surface area contributed by atoms with Crippen LogP contribution in [0, 0.1) is 5.82 Å². The number of likely N-dealkylation sites (N-methyl/N-ethyl adjacent to an activating group) is 1. The van der Waals surface area contributed by atoms with Gasteiger partial charge in [-0.15, -0.1) is 0 Å². The molecule has 20 heteroatoms. The minimum absolute atomic E-state index is 0.0365. The first kappa shape index (κ1) is 35.4. The van der Waals surface area contributed by atoms with Crippen LogP contribution in [0.25, 0.3) is 0 Å². The fourth-order valence-corrected chi connectivity index (χ4v) is 5.88. The van der Waals surface area contributed by atoms with Gasteiger partial charge in [-0.1, -0.05) is 18.2 Å². The van der Waals surface area contributed by atoms with Crippen LogP contribution >= 0.6 is 0 Å². The van der Waals surface area contributed by atoms with Crippen LogP contribution in [-0.4, -0.2) is 143 Å². The molecule has 2 amide bonds. The normalized spacial score (nSPS) is 18.9. The first-order chi connectivity index (χ1) is 21.1. The Kier molecular flexibility index (Phi) is 8.99. The lowest BCUT2D eigenvalue weighted by atomic mass is 9.57. The molecule has 0 aromatic heterocycles. The van der Waals surface area contributed by atoms with Gasteiger partial charge in [-0.3, -0.25) is 19.3 Å². The molecule has 2 aliphatic rings. The number of carbonyl (C=O) groups is 3. The van der Waals surface area contributed by atoms with Gasteiger partial charge in [0, 0.05) is 36.7 Å². The van der Waals surface area contributed by atoms with E-state index in [1.165, 1.54) is 44.9 Å². The van der Waals surface area contributed by atoms with Crippen LogP contribution in [0.5, 0.6) is 0 Å². The Labute approximate surface area is 264 Å². The van der Waals surface area contributed by atoms with E-state index in [0.717, 1.165) is 19.2 Å². The highest BCUT2D eigenvalue weighted by Crippen LogP contribution is 2.47. The summed E-state index contributed by atoms with van der Waals surface area (Å²) in [6, 6.07) is 7.16. The third-order valence-corrected chi connectivity index (χ3v) is 8.55. The van der Waals surface area contributed by atoms with Gasteiger partial charge >= 0.3 is 0 Å². The number of morpholine rings is 1. The molecule has 0 spiro atoms. The first-order valence-electron chi connectivity index (χ1n) is 14.0. The molecule has 1 fully saturated rings. The second-order valence-corrected chi connectivity index (χ2v) is 11.9. The van der Waals surface area contributed by atoms with Crippen molar-refractivity contribution in [1.29, 1.82) is 0 Å². The number of rotatable bonds is 10. The third-order valence-electron chi connectivity index (χ3n) is 8.55. The number of anilines is 1. The van der Waals surface area contributed by atoms with E-state index in [1.807, 2.05) is 5.32 Å². The molecule has 1 atom stereocenters. The summed E-state index contributed by atoms with van der Waals surface area (Å²) in [7, 11) is 4.50. The summed E-state index contributed by atoms with van der Waals surface area (Å²) in [5, 5.41) is 89.6. The Bertz CT molecular complexity index is 1550. The lowest BCUT2D eigenvalue weighted by Gasteiger charge is -2.51. The van der Waals surface area contributed by atoms with Gasteiger partial charge in [0.1, 0.15) is 26.9 Å². The number of halogens is 1. The van der Waals surface area contributed by atoms with Crippen LogP contribution in [-0.2, 0) is 31.5 Å². The van der Waals surface area contributed by atoms with Gasteiger partial charge in [-0.2, -0.15) is 0 Å². The number of ether oxygens (including phenoxy) is 1. The molecule has 0 radical (unpaired) electrons. The zero-order valence-corrected chi connectivity index (χ0v) is 25.4. The SMILES string of the molecule is BC(B)(Nc1cccc2c1C(O)(O)N(C(B)(C(=O)NC)C(O)(O)C(O)(O)C=O)C2=O)c1ccc(C(O)(O)N2CCOCC2)cc1F. The number of nitrogens with one attached hydrogen (secondary N) is 2. The summed E-state index contributed by atoms with van der Waals surface area (Å²) in [6.45, 7) is 0.858. The van der Waals surface area contributed by atoms with Gasteiger partial charge in [-0.05, 0) is 23.8 Å². The minimum atomic E-state index is -4.23. The zero-order chi connectivity index (χ0) is 34.7. The van der Waals surface area contributed by atoms with Crippen molar-refractivity contribution in [3.05, 3.63) is 64.5 Å². The fourth-order valence-electron chi connectivity index (χ4n) is 5.88. The molecule has 10 N–H and O–H groups in total. The predicted molar refractivity (Wildman–Crippen MR) is 162 cm³/mol. The van der Waals surface area contributed by atoms with E-state index in [1.54, 1.807) is 0 Å². The lowest BCUT2D eigenvalue weighted by molar-refractivity contribution is -0.374. The van der Waals surface area contributed by atoms with Gasteiger partial charge in [0.25, 0.3) is 29.3 Å². The number of carbonyl (C=O) groups excluding carboxylic acids is 3. The molecule has 46 heavy (non-hydrogen) atoms. The van der Waals surface area contributed by atoms with Crippen molar-refractivity contribution in [3.8, 4) is 0 Å². The average molecular weight is 646 g/mol. The Balaban J connectivity index is 1.77. The molecule has 2 aromatic carbocycles. The van der Waals surface area contributed by atoms with Gasteiger partial charge in [0.15, 0.2) is 14.1 Å². The molecule has 1 saturated heterocycles.